The van der Waals surface area contributed by atoms with Gasteiger partial charge in [0.05, 0.1) is 24.0 Å². The van der Waals surface area contributed by atoms with Crippen LogP contribution >= 0.6 is 0 Å². The molecule has 2 aromatic heterocycles. The number of carbonyl (C=O) groups is 2. The summed E-state index contributed by atoms with van der Waals surface area (Å²) >= 11 is 0. The summed E-state index contributed by atoms with van der Waals surface area (Å²) in [6.45, 7) is 5.58. The molecule has 190 valence electrons. The highest BCUT2D eigenvalue weighted by molar-refractivity contribution is 5.97. The zero-order valence-electron chi connectivity index (χ0n) is 21.6. The predicted octanol–water partition coefficient (Wildman–Crippen LogP) is 6.36. The number of alkyl carbamates (subject to hydrolysis) is 1. The van der Waals surface area contributed by atoms with Crippen molar-refractivity contribution < 1.29 is 19.1 Å². The van der Waals surface area contributed by atoms with Gasteiger partial charge in [0.2, 0.25) is 0 Å². The van der Waals surface area contributed by atoms with E-state index >= 15 is 0 Å². The number of aromatic nitrogens is 2. The van der Waals surface area contributed by atoms with Crippen LogP contribution < -0.4 is 5.32 Å². The number of hydrogen-bond acceptors (Lipinski definition) is 5. The second-order valence-electron chi connectivity index (χ2n) is 10.4. The van der Waals surface area contributed by atoms with Gasteiger partial charge >= 0.3 is 12.1 Å². The number of ether oxygens (including phenoxy) is 2. The molecule has 1 N–H and O–H groups in total. The topological polar surface area (TPSA) is 81.9 Å². The molecular formula is C30H31N3O4. The Kier molecular flexibility index (Phi) is 6.23. The molecule has 1 saturated carbocycles. The number of rotatable bonds is 5. The smallest absolute Gasteiger partial charge is 0.408 e. The number of hydrogen-bond donors (Lipinski definition) is 1. The van der Waals surface area contributed by atoms with E-state index < -0.39 is 23.2 Å². The van der Waals surface area contributed by atoms with E-state index in [1.54, 1.807) is 6.07 Å². The molecule has 4 aromatic rings. The first-order chi connectivity index (χ1) is 17.7. The highest BCUT2D eigenvalue weighted by Gasteiger charge is 2.41. The molecule has 0 bridgehead atoms. The third-order valence-corrected chi connectivity index (χ3v) is 6.76. The molecule has 5 rings (SSSR count). The standard InChI is InChI=1S/C30H31N3O4/c1-29(2,3)37-28(35)32-30(17-9-18-30)22-15-13-20(14-16-22)24-25(21-10-6-5-7-11-21)33-19-8-12-23(26(33)31-24)27(34)36-4/h5-8,10-16,19H,9,17-18H2,1-4H3,(H,32,35). The molecule has 0 unspecified atom stereocenters. The van der Waals surface area contributed by atoms with Crippen LogP contribution in [0.3, 0.4) is 0 Å². The van der Waals surface area contributed by atoms with Gasteiger partial charge in [0.15, 0.2) is 5.65 Å². The van der Waals surface area contributed by atoms with Crippen molar-refractivity contribution in [3.8, 4) is 22.5 Å². The van der Waals surface area contributed by atoms with Crippen LogP contribution in [0.1, 0.15) is 56.0 Å². The summed E-state index contributed by atoms with van der Waals surface area (Å²) in [5, 5.41) is 3.11. The van der Waals surface area contributed by atoms with Crippen LogP contribution in [0.5, 0.6) is 0 Å². The Balaban J connectivity index is 1.56. The fourth-order valence-corrected chi connectivity index (χ4v) is 4.87. The lowest BCUT2D eigenvalue weighted by atomic mass is 9.71. The first kappa shape index (κ1) is 24.6. The average molecular weight is 498 g/mol. The molecule has 2 heterocycles. The maximum Gasteiger partial charge on any atom is 0.408 e. The van der Waals surface area contributed by atoms with Crippen molar-refractivity contribution in [3.63, 3.8) is 0 Å². The van der Waals surface area contributed by atoms with Crippen molar-refractivity contribution in [1.29, 1.82) is 0 Å². The maximum absolute atomic E-state index is 12.6. The Hall–Kier alpha value is -4.13. The number of nitrogens with one attached hydrogen (secondary N) is 1. The number of carbonyl (C=O) groups excluding carboxylic acids is 2. The monoisotopic (exact) mass is 497 g/mol. The van der Waals surface area contributed by atoms with Crippen molar-refractivity contribution in [2.75, 3.05) is 7.11 Å². The van der Waals surface area contributed by atoms with Crippen LogP contribution in [0, 0.1) is 0 Å². The fourth-order valence-electron chi connectivity index (χ4n) is 4.87. The number of imidazole rings is 1. The van der Waals surface area contributed by atoms with E-state index in [9.17, 15) is 9.59 Å². The van der Waals surface area contributed by atoms with Gasteiger partial charge < -0.3 is 14.8 Å². The van der Waals surface area contributed by atoms with Crippen LogP contribution in [0.4, 0.5) is 4.79 Å². The number of esters is 1. The largest absolute Gasteiger partial charge is 0.465 e. The number of amides is 1. The summed E-state index contributed by atoms with van der Waals surface area (Å²) in [5.74, 6) is -0.433. The van der Waals surface area contributed by atoms with E-state index in [0.29, 0.717) is 11.2 Å². The summed E-state index contributed by atoms with van der Waals surface area (Å²) < 4.78 is 12.5. The van der Waals surface area contributed by atoms with Crippen molar-refractivity contribution in [1.82, 2.24) is 14.7 Å². The van der Waals surface area contributed by atoms with E-state index in [4.69, 9.17) is 14.5 Å². The lowest BCUT2D eigenvalue weighted by Crippen LogP contribution is -2.52. The van der Waals surface area contributed by atoms with Crippen molar-refractivity contribution in [2.24, 2.45) is 0 Å². The van der Waals surface area contributed by atoms with Gasteiger partial charge in [-0.1, -0.05) is 54.6 Å². The first-order valence-electron chi connectivity index (χ1n) is 12.5. The van der Waals surface area contributed by atoms with Gasteiger partial charge in [-0.2, -0.15) is 0 Å². The van der Waals surface area contributed by atoms with Crippen molar-refractivity contribution in [2.45, 2.75) is 51.2 Å². The van der Waals surface area contributed by atoms with Gasteiger partial charge in [-0.3, -0.25) is 4.40 Å². The van der Waals surface area contributed by atoms with Gasteiger partial charge in [-0.25, -0.2) is 14.6 Å². The molecule has 1 aliphatic rings. The molecule has 37 heavy (non-hydrogen) atoms. The minimum absolute atomic E-state index is 0.403. The molecule has 7 heteroatoms. The molecule has 1 fully saturated rings. The molecule has 0 spiro atoms. The molecule has 0 radical (unpaired) electrons. The van der Waals surface area contributed by atoms with E-state index in [-0.39, 0.29) is 0 Å². The van der Waals surface area contributed by atoms with E-state index in [1.165, 1.54) is 7.11 Å². The van der Waals surface area contributed by atoms with Crippen LogP contribution in [-0.2, 0) is 15.0 Å². The van der Waals surface area contributed by atoms with Crippen molar-refractivity contribution in [3.05, 3.63) is 84.1 Å². The quantitative estimate of drug-likeness (QED) is 0.325. The fraction of sp³-hybridized carbons (Fsp3) is 0.300. The second kappa shape index (κ2) is 9.39. The molecule has 1 amide bonds. The minimum Gasteiger partial charge on any atom is -0.465 e. The van der Waals surface area contributed by atoms with Crippen LogP contribution in [0.25, 0.3) is 28.2 Å². The number of benzene rings is 2. The summed E-state index contributed by atoms with van der Waals surface area (Å²) in [6, 6.07) is 21.7. The Morgan fingerprint density at radius 1 is 0.946 bits per heavy atom. The Labute approximate surface area is 216 Å². The number of nitrogens with zero attached hydrogens (tertiary/aromatic N) is 2. The molecule has 1 aliphatic carbocycles. The van der Waals surface area contributed by atoms with Crippen LogP contribution in [0.2, 0.25) is 0 Å². The zero-order chi connectivity index (χ0) is 26.2. The molecule has 0 atom stereocenters. The van der Waals surface area contributed by atoms with E-state index in [0.717, 1.165) is 47.3 Å². The zero-order valence-corrected chi connectivity index (χ0v) is 21.6. The lowest BCUT2D eigenvalue weighted by molar-refractivity contribution is 0.0377. The Morgan fingerprint density at radius 3 is 2.24 bits per heavy atom. The summed E-state index contributed by atoms with van der Waals surface area (Å²) in [6.07, 6.45) is 4.26. The predicted molar refractivity (Wildman–Crippen MR) is 142 cm³/mol. The first-order valence-corrected chi connectivity index (χ1v) is 12.5. The van der Waals surface area contributed by atoms with Gasteiger partial charge in [-0.15, -0.1) is 0 Å². The summed E-state index contributed by atoms with van der Waals surface area (Å²) in [4.78, 5) is 29.9. The van der Waals surface area contributed by atoms with Gasteiger partial charge in [0.1, 0.15) is 11.2 Å². The highest BCUT2D eigenvalue weighted by atomic mass is 16.6. The SMILES string of the molecule is COC(=O)c1cccn2c(-c3ccccc3)c(-c3ccc(C4(NC(=O)OC(C)(C)C)CCC4)cc3)nc12. The Bertz CT molecular complexity index is 1450. The van der Waals surface area contributed by atoms with Gasteiger partial charge in [0.25, 0.3) is 0 Å². The van der Waals surface area contributed by atoms with Gasteiger partial charge in [0, 0.05) is 17.3 Å². The number of methoxy groups -OCH3 is 1. The molecule has 0 saturated heterocycles. The third kappa shape index (κ3) is 4.69. The molecule has 2 aromatic carbocycles. The lowest BCUT2D eigenvalue weighted by Gasteiger charge is -2.43. The third-order valence-electron chi connectivity index (χ3n) is 6.76. The average Bonchev–Trinajstić information content (AvgIpc) is 3.25. The van der Waals surface area contributed by atoms with E-state index in [2.05, 4.69) is 5.32 Å². The minimum atomic E-state index is -0.557. The number of pyridine rings is 1. The highest BCUT2D eigenvalue weighted by Crippen LogP contribution is 2.42. The molecular weight excluding hydrogens is 466 g/mol. The normalized spacial score (nSPS) is 14.6. The van der Waals surface area contributed by atoms with Crippen LogP contribution in [0.15, 0.2) is 72.9 Å². The van der Waals surface area contributed by atoms with Gasteiger partial charge in [-0.05, 0) is 57.7 Å². The van der Waals surface area contributed by atoms with Crippen LogP contribution in [-0.4, -0.2) is 34.2 Å². The number of fused-ring (bicyclic) bond motifs is 1. The second-order valence-corrected chi connectivity index (χ2v) is 10.4. The maximum atomic E-state index is 12.6. The van der Waals surface area contributed by atoms with Crippen molar-refractivity contribution >= 4 is 17.7 Å². The Morgan fingerprint density at radius 2 is 1.65 bits per heavy atom. The molecule has 7 nitrogen and oxygen atoms in total. The summed E-state index contributed by atoms with van der Waals surface area (Å²) in [5.41, 5.74) is 4.53. The summed E-state index contributed by atoms with van der Waals surface area (Å²) in [7, 11) is 1.37. The molecule has 0 aliphatic heterocycles. The van der Waals surface area contributed by atoms with E-state index in [1.807, 2.05) is 92.0 Å².